The van der Waals surface area contributed by atoms with Crippen molar-refractivity contribution in [3.63, 3.8) is 0 Å². The number of benzene rings is 6. The van der Waals surface area contributed by atoms with E-state index in [1.165, 1.54) is 99.8 Å². The second-order valence-electron chi connectivity index (χ2n) is 13.5. The molecule has 268 valence electrons. The summed E-state index contributed by atoms with van der Waals surface area (Å²) in [5, 5.41) is 10.8. The van der Waals surface area contributed by atoms with Crippen molar-refractivity contribution < 1.29 is 23.3 Å². The predicted molar refractivity (Wildman–Crippen MR) is 235 cm³/mol. The molecule has 2 radical (unpaired) electrons. The molecule has 0 spiro atoms. The summed E-state index contributed by atoms with van der Waals surface area (Å²) in [7, 11) is 0. The summed E-state index contributed by atoms with van der Waals surface area (Å²) in [4.78, 5) is 0. The van der Waals surface area contributed by atoms with Crippen LogP contribution in [0.1, 0.15) is 38.8 Å². The van der Waals surface area contributed by atoms with Crippen molar-refractivity contribution in [3.8, 4) is 22.3 Å². The van der Waals surface area contributed by atoms with Gasteiger partial charge in [0.25, 0.3) is 0 Å². The zero-order chi connectivity index (χ0) is 33.6. The molecule has 0 nitrogen and oxygen atoms in total. The second kappa shape index (κ2) is 20.8. The summed E-state index contributed by atoms with van der Waals surface area (Å²) in [6.45, 7) is 12.2. The summed E-state index contributed by atoms with van der Waals surface area (Å²) in [6.07, 6.45) is 2.24. The van der Waals surface area contributed by atoms with Crippen molar-refractivity contribution in [3.05, 3.63) is 172 Å². The SMILES string of the molecule is CC(C)Cc1[cH-]c2ccccc2c1-c1cccc2ccccc12.CC(C)Cc1[cH-]c2ccccc2c1-c1cccc2ccccc12.Cl.Cl.[CH3-].[CH3-].[Si]=[Zr]. The number of fused-ring (bicyclic) bond motifs is 4. The first kappa shape index (κ1) is 44.9. The third-order valence-corrected chi connectivity index (χ3v) is 9.14. The zero-order valence-corrected chi connectivity index (χ0v) is 36.3. The van der Waals surface area contributed by atoms with Crippen molar-refractivity contribution in [1.29, 1.82) is 0 Å². The second-order valence-corrected chi connectivity index (χ2v) is 13.5. The molecule has 0 unspecified atom stereocenters. The molecule has 0 saturated carbocycles. The van der Waals surface area contributed by atoms with Crippen molar-refractivity contribution in [2.24, 2.45) is 11.8 Å². The summed E-state index contributed by atoms with van der Waals surface area (Å²) >= 11 is 1.36. The van der Waals surface area contributed by atoms with E-state index < -0.39 is 0 Å². The molecule has 0 aliphatic heterocycles. The molecule has 0 bridgehead atoms. The van der Waals surface area contributed by atoms with Crippen molar-refractivity contribution in [1.82, 2.24) is 0 Å². The molecule has 0 N–H and O–H groups in total. The standard InChI is InChI=1S/2C23H21.2CH3.2ClH.Si.Zr/c2*1-16(2)14-19-15-18-9-4-6-12-21(18)23(19)22-13-7-10-17-8-3-5-11-20(17)22;;;;;;/h2*3-13,15-16H,14H2,1-2H3;2*1H3;2*1H;;/q4*-1;;;;. The molecule has 0 aliphatic carbocycles. The Balaban J connectivity index is 0.000000320. The molecule has 0 aliphatic rings. The number of halogens is 2. The normalized spacial score (nSPS) is 10.3. The first-order valence-corrected chi connectivity index (χ1v) is 21.2. The fourth-order valence-corrected chi connectivity index (χ4v) is 7.29. The van der Waals surface area contributed by atoms with E-state index in [-0.39, 0.29) is 39.7 Å². The van der Waals surface area contributed by atoms with Gasteiger partial charge >= 0.3 is 30.2 Å². The van der Waals surface area contributed by atoms with Crippen molar-refractivity contribution in [2.75, 3.05) is 0 Å². The zero-order valence-electron chi connectivity index (χ0n) is 31.2. The Morgan fingerprint density at radius 3 is 1.12 bits per heavy atom. The quantitative estimate of drug-likeness (QED) is 0.116. The van der Waals surface area contributed by atoms with E-state index in [9.17, 15) is 0 Å². The summed E-state index contributed by atoms with van der Waals surface area (Å²) in [5.41, 5.74) is 8.51. The number of rotatable bonds is 6. The first-order chi connectivity index (χ1) is 23.5. The molecular weight excluding hydrogens is 767 g/mol. The van der Waals surface area contributed by atoms with Crippen LogP contribution in [0.3, 0.4) is 0 Å². The van der Waals surface area contributed by atoms with Crippen LogP contribution in [0.15, 0.2) is 146 Å². The van der Waals surface area contributed by atoms with Gasteiger partial charge in [0.05, 0.1) is 0 Å². The molecule has 4 heteroatoms. The van der Waals surface area contributed by atoms with Gasteiger partial charge in [0.2, 0.25) is 0 Å². The Bertz CT molecular complexity index is 2140. The Hall–Kier alpha value is -3.26. The summed E-state index contributed by atoms with van der Waals surface area (Å²) in [6, 6.07) is 53.0. The monoisotopic (exact) mass is 814 g/mol. The Labute approximate surface area is 341 Å². The van der Waals surface area contributed by atoms with Crippen LogP contribution in [-0.4, -0.2) is 6.88 Å². The minimum atomic E-state index is 0. The van der Waals surface area contributed by atoms with Gasteiger partial charge in [-0.1, -0.05) is 136 Å². The van der Waals surface area contributed by atoms with Gasteiger partial charge in [-0.05, 0) is 46.2 Å². The molecule has 52 heavy (non-hydrogen) atoms. The van der Waals surface area contributed by atoms with Crippen LogP contribution in [0.2, 0.25) is 0 Å². The average molecular weight is 817 g/mol. The van der Waals surface area contributed by atoms with E-state index in [2.05, 4.69) is 180 Å². The van der Waals surface area contributed by atoms with E-state index in [0.717, 1.165) is 12.8 Å². The van der Waals surface area contributed by atoms with E-state index in [4.69, 9.17) is 0 Å². The van der Waals surface area contributed by atoms with Crippen LogP contribution in [0.4, 0.5) is 0 Å². The van der Waals surface area contributed by atoms with Gasteiger partial charge in [-0.2, -0.15) is 0 Å². The maximum absolute atomic E-state index is 3.06. The van der Waals surface area contributed by atoms with Crippen LogP contribution >= 0.6 is 24.8 Å². The van der Waals surface area contributed by atoms with Crippen LogP contribution in [0.5, 0.6) is 0 Å². The Kier molecular flexibility index (Phi) is 18.0. The fraction of sp³-hybridized carbons (Fsp3) is 0.167. The van der Waals surface area contributed by atoms with Gasteiger partial charge in [0.1, 0.15) is 0 Å². The van der Waals surface area contributed by atoms with E-state index in [1.54, 1.807) is 0 Å². The number of hydrogen-bond acceptors (Lipinski definition) is 0. The van der Waals surface area contributed by atoms with E-state index in [1.807, 2.05) is 0 Å². The van der Waals surface area contributed by atoms with Gasteiger partial charge in [0, 0.05) is 0 Å². The van der Waals surface area contributed by atoms with Gasteiger partial charge < -0.3 is 14.9 Å². The third-order valence-electron chi connectivity index (χ3n) is 9.14. The molecular formula is C48H50Cl2SiZr-4. The summed E-state index contributed by atoms with van der Waals surface area (Å²) < 4.78 is 0. The van der Waals surface area contributed by atoms with Gasteiger partial charge in [0.15, 0.2) is 0 Å². The molecule has 0 aromatic heterocycles. The summed E-state index contributed by atoms with van der Waals surface area (Å²) in [5.74, 6) is 1.31. The van der Waals surface area contributed by atoms with E-state index in [0.29, 0.717) is 11.8 Å². The van der Waals surface area contributed by atoms with Crippen molar-refractivity contribution >= 4 is 74.8 Å². The minimum absolute atomic E-state index is 0. The van der Waals surface area contributed by atoms with Crippen LogP contribution in [0, 0.1) is 26.7 Å². The average Bonchev–Trinajstić information content (AvgIpc) is 3.65. The molecule has 0 heterocycles. The molecule has 8 rings (SSSR count). The van der Waals surface area contributed by atoms with Gasteiger partial charge in [-0.3, -0.25) is 0 Å². The third kappa shape index (κ3) is 9.64. The molecule has 0 amide bonds. The van der Waals surface area contributed by atoms with Gasteiger partial charge in [-0.15, -0.1) is 117 Å². The molecule has 0 atom stereocenters. The molecule has 0 saturated heterocycles. The van der Waals surface area contributed by atoms with Crippen molar-refractivity contribution in [2.45, 2.75) is 40.5 Å². The maximum atomic E-state index is 3.06. The first-order valence-electron chi connectivity index (χ1n) is 17.0. The Morgan fingerprint density at radius 2 is 0.750 bits per heavy atom. The Morgan fingerprint density at radius 1 is 0.442 bits per heavy atom. The van der Waals surface area contributed by atoms with Crippen LogP contribution in [-0.2, 0) is 36.2 Å². The van der Waals surface area contributed by atoms with Crippen LogP contribution < -0.4 is 0 Å². The number of hydrogen-bond donors (Lipinski definition) is 0. The fourth-order valence-electron chi connectivity index (χ4n) is 7.29. The molecule has 8 aromatic carbocycles. The molecule has 0 fully saturated rings. The topological polar surface area (TPSA) is 0 Å². The molecule has 8 aromatic rings. The predicted octanol–water partition coefficient (Wildman–Crippen LogP) is 14.5. The van der Waals surface area contributed by atoms with Gasteiger partial charge in [-0.25, -0.2) is 0 Å². The van der Waals surface area contributed by atoms with E-state index >= 15 is 0 Å². The van der Waals surface area contributed by atoms with Crippen LogP contribution in [0.25, 0.3) is 65.3 Å².